The van der Waals surface area contributed by atoms with Crippen LogP contribution in [0.25, 0.3) is 0 Å². The molecule has 0 spiro atoms. The summed E-state index contributed by atoms with van der Waals surface area (Å²) in [5.41, 5.74) is 0.693. The van der Waals surface area contributed by atoms with Crippen molar-refractivity contribution in [2.75, 3.05) is 32.1 Å². The summed E-state index contributed by atoms with van der Waals surface area (Å²) in [4.78, 5) is 14.1. The summed E-state index contributed by atoms with van der Waals surface area (Å²) < 4.78 is 5.20. The number of aliphatic hydroxyl groups excluding tert-OH is 1. The molecule has 0 bridgehead atoms. The number of benzene rings is 1. The SMILES string of the molecule is COc1ccccc1NC(=O)CCN1CCCC(O)C1. The normalized spacial score (nSPS) is 19.6. The molecule has 0 radical (unpaired) electrons. The number of piperidine rings is 1. The predicted octanol–water partition coefficient (Wildman–Crippen LogP) is 1.48. The van der Waals surface area contributed by atoms with Crippen molar-refractivity contribution in [1.82, 2.24) is 4.90 Å². The van der Waals surface area contributed by atoms with Crippen molar-refractivity contribution in [3.63, 3.8) is 0 Å². The largest absolute Gasteiger partial charge is 0.495 e. The van der Waals surface area contributed by atoms with Crippen LogP contribution in [0.5, 0.6) is 5.75 Å². The minimum absolute atomic E-state index is 0.0328. The fraction of sp³-hybridized carbons (Fsp3) is 0.533. The molecule has 2 rings (SSSR count). The summed E-state index contributed by atoms with van der Waals surface area (Å²) in [6, 6.07) is 7.36. The number of nitrogens with zero attached hydrogens (tertiary/aromatic N) is 1. The van der Waals surface area contributed by atoms with Crippen LogP contribution in [-0.4, -0.2) is 48.8 Å². The number of methoxy groups -OCH3 is 1. The maximum Gasteiger partial charge on any atom is 0.225 e. The molecule has 1 fully saturated rings. The van der Waals surface area contributed by atoms with Crippen LogP contribution < -0.4 is 10.1 Å². The Morgan fingerprint density at radius 3 is 3.05 bits per heavy atom. The highest BCUT2D eigenvalue weighted by Gasteiger charge is 2.18. The number of likely N-dealkylation sites (tertiary alicyclic amines) is 1. The zero-order valence-corrected chi connectivity index (χ0v) is 11.8. The first-order valence-electron chi connectivity index (χ1n) is 7.02. The number of carbonyl (C=O) groups excluding carboxylic acids is 1. The second-order valence-electron chi connectivity index (χ2n) is 5.10. The van der Waals surface area contributed by atoms with Crippen LogP contribution in [0.15, 0.2) is 24.3 Å². The van der Waals surface area contributed by atoms with Gasteiger partial charge in [-0.05, 0) is 31.5 Å². The van der Waals surface area contributed by atoms with Crippen LogP contribution in [0.1, 0.15) is 19.3 Å². The van der Waals surface area contributed by atoms with Crippen molar-refractivity contribution in [3.8, 4) is 5.75 Å². The fourth-order valence-electron chi connectivity index (χ4n) is 2.45. The Bertz CT molecular complexity index is 450. The van der Waals surface area contributed by atoms with Crippen LogP contribution in [0.4, 0.5) is 5.69 Å². The minimum atomic E-state index is -0.249. The number of ether oxygens (including phenoxy) is 1. The van der Waals surface area contributed by atoms with E-state index in [1.165, 1.54) is 0 Å². The van der Waals surface area contributed by atoms with Crippen molar-refractivity contribution < 1.29 is 14.6 Å². The van der Waals surface area contributed by atoms with Crippen LogP contribution in [-0.2, 0) is 4.79 Å². The quantitative estimate of drug-likeness (QED) is 0.856. The van der Waals surface area contributed by atoms with E-state index >= 15 is 0 Å². The Kier molecular flexibility index (Phi) is 5.38. The summed E-state index contributed by atoms with van der Waals surface area (Å²) in [7, 11) is 1.58. The lowest BCUT2D eigenvalue weighted by atomic mass is 10.1. The highest BCUT2D eigenvalue weighted by atomic mass is 16.5. The fourth-order valence-corrected chi connectivity index (χ4v) is 2.45. The van der Waals surface area contributed by atoms with Gasteiger partial charge < -0.3 is 20.1 Å². The number of rotatable bonds is 5. The van der Waals surface area contributed by atoms with E-state index in [0.717, 1.165) is 19.4 Å². The summed E-state index contributed by atoms with van der Waals surface area (Å²) in [5, 5.41) is 12.4. The molecule has 1 aliphatic heterocycles. The van der Waals surface area contributed by atoms with Gasteiger partial charge >= 0.3 is 0 Å². The zero-order valence-electron chi connectivity index (χ0n) is 11.8. The highest BCUT2D eigenvalue weighted by Crippen LogP contribution is 2.23. The molecule has 0 saturated carbocycles. The van der Waals surface area contributed by atoms with Gasteiger partial charge in [-0.3, -0.25) is 4.79 Å². The first kappa shape index (κ1) is 14.8. The maximum absolute atomic E-state index is 11.9. The minimum Gasteiger partial charge on any atom is -0.495 e. The first-order valence-corrected chi connectivity index (χ1v) is 7.02. The summed E-state index contributed by atoms with van der Waals surface area (Å²) in [5.74, 6) is 0.629. The van der Waals surface area contributed by atoms with Crippen molar-refractivity contribution >= 4 is 11.6 Å². The van der Waals surface area contributed by atoms with Crippen molar-refractivity contribution in [1.29, 1.82) is 0 Å². The first-order chi connectivity index (χ1) is 9.69. The van der Waals surface area contributed by atoms with Gasteiger partial charge in [0.2, 0.25) is 5.91 Å². The van der Waals surface area contributed by atoms with E-state index in [1.54, 1.807) is 7.11 Å². The molecule has 1 saturated heterocycles. The second kappa shape index (κ2) is 7.26. The molecule has 1 amide bonds. The van der Waals surface area contributed by atoms with Crippen LogP contribution in [0.2, 0.25) is 0 Å². The van der Waals surface area contributed by atoms with Gasteiger partial charge in [-0.25, -0.2) is 0 Å². The smallest absolute Gasteiger partial charge is 0.225 e. The molecule has 110 valence electrons. The monoisotopic (exact) mass is 278 g/mol. The van der Waals surface area contributed by atoms with Gasteiger partial charge in [-0.2, -0.15) is 0 Å². The molecule has 1 aromatic carbocycles. The van der Waals surface area contributed by atoms with Gasteiger partial charge in [0.25, 0.3) is 0 Å². The molecule has 2 N–H and O–H groups in total. The average molecular weight is 278 g/mol. The predicted molar refractivity (Wildman–Crippen MR) is 77.9 cm³/mol. The number of amides is 1. The summed E-state index contributed by atoms with van der Waals surface area (Å²) in [6.07, 6.45) is 2.03. The number of anilines is 1. The molecule has 1 aromatic rings. The van der Waals surface area contributed by atoms with E-state index < -0.39 is 0 Å². The van der Waals surface area contributed by atoms with E-state index in [2.05, 4.69) is 10.2 Å². The lowest BCUT2D eigenvalue weighted by Gasteiger charge is -2.29. The van der Waals surface area contributed by atoms with Gasteiger partial charge in [-0.15, -0.1) is 0 Å². The summed E-state index contributed by atoms with van der Waals surface area (Å²) >= 11 is 0. The Balaban J connectivity index is 1.80. The average Bonchev–Trinajstić information content (AvgIpc) is 2.46. The number of nitrogens with one attached hydrogen (secondary N) is 1. The number of β-amino-alcohol motifs (C(OH)–C–C–N with tert-alkyl or cyclic N) is 1. The Labute approximate surface area is 119 Å². The maximum atomic E-state index is 11.9. The van der Waals surface area contributed by atoms with Gasteiger partial charge in [0.05, 0.1) is 18.9 Å². The van der Waals surface area contributed by atoms with Gasteiger partial charge in [0.15, 0.2) is 0 Å². The third-order valence-corrected chi connectivity index (χ3v) is 3.52. The van der Waals surface area contributed by atoms with Gasteiger partial charge in [0, 0.05) is 19.5 Å². The standard InChI is InChI=1S/C15H22N2O3/c1-20-14-7-3-2-6-13(14)16-15(19)8-10-17-9-4-5-12(18)11-17/h2-3,6-7,12,18H,4-5,8-11H2,1H3,(H,16,19). The Hall–Kier alpha value is -1.59. The number of hydrogen-bond acceptors (Lipinski definition) is 4. The van der Waals surface area contributed by atoms with Crippen LogP contribution in [0, 0.1) is 0 Å². The highest BCUT2D eigenvalue weighted by molar-refractivity contribution is 5.92. The van der Waals surface area contributed by atoms with Crippen molar-refractivity contribution in [3.05, 3.63) is 24.3 Å². The van der Waals surface area contributed by atoms with E-state index in [-0.39, 0.29) is 12.0 Å². The molecular weight excluding hydrogens is 256 g/mol. The third-order valence-electron chi connectivity index (χ3n) is 3.52. The molecule has 1 unspecified atom stereocenters. The molecule has 20 heavy (non-hydrogen) atoms. The topological polar surface area (TPSA) is 61.8 Å². The summed E-state index contributed by atoms with van der Waals surface area (Å²) in [6.45, 7) is 2.30. The van der Waals surface area contributed by atoms with Crippen LogP contribution in [0.3, 0.4) is 0 Å². The van der Waals surface area contributed by atoms with Crippen LogP contribution >= 0.6 is 0 Å². The molecular formula is C15H22N2O3. The number of para-hydroxylation sites is 2. The number of carbonyl (C=O) groups is 1. The van der Waals surface area contributed by atoms with Crippen molar-refractivity contribution in [2.45, 2.75) is 25.4 Å². The molecule has 0 aliphatic carbocycles. The molecule has 0 aromatic heterocycles. The molecule has 1 heterocycles. The molecule has 5 nitrogen and oxygen atoms in total. The second-order valence-corrected chi connectivity index (χ2v) is 5.10. The Morgan fingerprint density at radius 2 is 2.30 bits per heavy atom. The number of hydrogen-bond donors (Lipinski definition) is 2. The van der Waals surface area contributed by atoms with E-state index in [0.29, 0.717) is 30.9 Å². The molecule has 1 aliphatic rings. The Morgan fingerprint density at radius 1 is 1.50 bits per heavy atom. The zero-order chi connectivity index (χ0) is 14.4. The van der Waals surface area contributed by atoms with E-state index in [4.69, 9.17) is 4.74 Å². The number of aliphatic hydroxyl groups is 1. The van der Waals surface area contributed by atoms with Gasteiger partial charge in [0.1, 0.15) is 5.75 Å². The van der Waals surface area contributed by atoms with Gasteiger partial charge in [-0.1, -0.05) is 12.1 Å². The third kappa shape index (κ3) is 4.21. The van der Waals surface area contributed by atoms with Crippen molar-refractivity contribution in [2.24, 2.45) is 0 Å². The van der Waals surface area contributed by atoms with E-state index in [1.807, 2.05) is 24.3 Å². The lowest BCUT2D eigenvalue weighted by molar-refractivity contribution is -0.116. The van der Waals surface area contributed by atoms with E-state index in [9.17, 15) is 9.90 Å². The lowest BCUT2D eigenvalue weighted by Crippen LogP contribution is -2.39. The molecule has 1 atom stereocenters. The molecule has 5 heteroatoms.